The van der Waals surface area contributed by atoms with Gasteiger partial charge in [0, 0.05) is 38.2 Å². The second-order valence-electron chi connectivity index (χ2n) is 15.2. The van der Waals surface area contributed by atoms with E-state index >= 15 is 0 Å². The molecule has 0 aliphatic carbocycles. The minimum Gasteiger partial charge on any atom is -0.458 e. The Bertz CT molecular complexity index is 1730. The van der Waals surface area contributed by atoms with E-state index in [4.69, 9.17) is 4.74 Å². The van der Waals surface area contributed by atoms with Gasteiger partial charge in [-0.25, -0.2) is 13.6 Å². The first-order valence-electron chi connectivity index (χ1n) is 19.5. The van der Waals surface area contributed by atoms with Crippen LogP contribution in [0.2, 0.25) is 0 Å². The molecular weight excluding hydrogens is 730 g/mol. The molecule has 1 aromatic carbocycles. The number of esters is 1. The normalized spacial score (nSPS) is 28.5. The summed E-state index contributed by atoms with van der Waals surface area (Å²) in [4.78, 5) is 101. The number of ether oxygens (including phenoxy) is 1. The van der Waals surface area contributed by atoms with Crippen molar-refractivity contribution in [1.82, 2.24) is 30.7 Å². The molecule has 0 saturated carbocycles. The van der Waals surface area contributed by atoms with Crippen molar-refractivity contribution in [2.75, 3.05) is 19.6 Å². The Hall–Kier alpha value is -5.15. The highest BCUT2D eigenvalue weighted by Gasteiger charge is 2.47. The lowest BCUT2D eigenvalue weighted by atomic mass is 9.99. The Morgan fingerprint density at radius 3 is 2.27 bits per heavy atom. The summed E-state index contributed by atoms with van der Waals surface area (Å²) in [5.41, 5.74) is 0.0428. The molecule has 6 amide bonds. The molecule has 14 nitrogen and oxygen atoms in total. The third kappa shape index (κ3) is 9.98. The summed E-state index contributed by atoms with van der Waals surface area (Å²) in [6.45, 7) is 7.31. The number of amides is 6. The zero-order valence-electron chi connectivity index (χ0n) is 32.3. The van der Waals surface area contributed by atoms with E-state index in [-0.39, 0.29) is 50.4 Å². The number of nitrogens with one attached hydrogen (secondary N) is 3. The first kappa shape index (κ1) is 42.0. The van der Waals surface area contributed by atoms with Crippen molar-refractivity contribution in [2.45, 2.75) is 121 Å². The van der Waals surface area contributed by atoms with Crippen LogP contribution in [0.3, 0.4) is 0 Å². The number of carbonyl (C=O) groups excluding carboxylic acids is 7. The molecule has 8 atom stereocenters. The van der Waals surface area contributed by atoms with Crippen molar-refractivity contribution in [3.63, 3.8) is 0 Å². The van der Waals surface area contributed by atoms with Crippen LogP contribution in [0.5, 0.6) is 0 Å². The van der Waals surface area contributed by atoms with E-state index in [0.717, 1.165) is 12.1 Å². The van der Waals surface area contributed by atoms with Gasteiger partial charge in [-0.05, 0) is 82.4 Å². The predicted octanol–water partition coefficient (Wildman–Crippen LogP) is 2.06. The molecule has 1 aromatic rings. The molecule has 3 N–H and O–H groups in total. The van der Waals surface area contributed by atoms with Crippen LogP contribution in [0.1, 0.15) is 78.2 Å². The average molecular weight is 783 g/mol. The average Bonchev–Trinajstić information content (AvgIpc) is 3.81. The number of hydrogen-bond acceptors (Lipinski definition) is 8. The molecule has 5 rings (SSSR count). The number of hydrogen-bond donors (Lipinski definition) is 3. The Labute approximate surface area is 325 Å². The van der Waals surface area contributed by atoms with E-state index in [2.05, 4.69) is 16.0 Å². The standard InChI is InChI=1S/C40H52F2N6O8/c1-5-6-7-8-14-33(49)44-29(20-26-18-27(41)21-28(42)19-26)35(50)45-34-25(4)56-40(55)32-17-23(2)22-48(32)37(52)24(3)43-36(51)30-12-9-10-15-46(30)38(53)31-13-11-16-47(31)39(34)54/h6-8,14,18-19,21,23-25,29-32,34H,5,9-13,15-17,20,22H2,1-4H3,(H,43,51)(H,44,49)(H,45,50)/b7-6+,14-8+/t23-,24+,25+,29+,30+,31+,32?,34+/m1/s1. The fourth-order valence-corrected chi connectivity index (χ4v) is 7.97. The first-order chi connectivity index (χ1) is 26.7. The van der Waals surface area contributed by atoms with Gasteiger partial charge in [-0.1, -0.05) is 32.1 Å². The monoisotopic (exact) mass is 782 g/mol. The van der Waals surface area contributed by atoms with E-state index in [0.29, 0.717) is 38.2 Å². The van der Waals surface area contributed by atoms with Crippen LogP contribution >= 0.6 is 0 Å². The van der Waals surface area contributed by atoms with Crippen molar-refractivity contribution >= 4 is 41.4 Å². The Balaban J connectivity index is 1.51. The van der Waals surface area contributed by atoms with E-state index in [1.54, 1.807) is 12.2 Å². The van der Waals surface area contributed by atoms with Crippen LogP contribution in [-0.2, 0) is 44.7 Å². The summed E-state index contributed by atoms with van der Waals surface area (Å²) in [6, 6.07) is -4.30. The summed E-state index contributed by atoms with van der Waals surface area (Å²) in [5.74, 6) is -6.56. The number of benzene rings is 1. The zero-order valence-corrected chi connectivity index (χ0v) is 32.3. The van der Waals surface area contributed by atoms with Gasteiger partial charge in [0.05, 0.1) is 0 Å². The Morgan fingerprint density at radius 2 is 1.55 bits per heavy atom. The van der Waals surface area contributed by atoms with Gasteiger partial charge in [-0.2, -0.15) is 0 Å². The molecule has 0 radical (unpaired) electrons. The molecule has 56 heavy (non-hydrogen) atoms. The quantitative estimate of drug-likeness (QED) is 0.204. The fourth-order valence-electron chi connectivity index (χ4n) is 7.97. The Morgan fingerprint density at radius 1 is 0.875 bits per heavy atom. The van der Waals surface area contributed by atoms with Gasteiger partial charge < -0.3 is 35.4 Å². The third-order valence-electron chi connectivity index (χ3n) is 10.8. The molecular formula is C40H52F2N6O8. The largest absolute Gasteiger partial charge is 0.458 e. The number of piperidine rings is 1. The molecule has 1 unspecified atom stereocenters. The third-order valence-corrected chi connectivity index (χ3v) is 10.8. The van der Waals surface area contributed by atoms with Crippen LogP contribution in [0, 0.1) is 17.6 Å². The topological polar surface area (TPSA) is 175 Å². The van der Waals surface area contributed by atoms with Gasteiger partial charge in [0.25, 0.3) is 0 Å². The van der Waals surface area contributed by atoms with E-state index in [9.17, 15) is 42.3 Å². The zero-order chi connectivity index (χ0) is 40.7. The van der Waals surface area contributed by atoms with Crippen molar-refractivity contribution in [2.24, 2.45) is 5.92 Å². The molecule has 4 heterocycles. The fraction of sp³-hybridized carbons (Fsp3) is 0.575. The highest BCUT2D eigenvalue weighted by Crippen LogP contribution is 2.29. The van der Waals surface area contributed by atoms with Crippen molar-refractivity contribution in [3.8, 4) is 0 Å². The van der Waals surface area contributed by atoms with Gasteiger partial charge in [-0.3, -0.25) is 28.8 Å². The van der Waals surface area contributed by atoms with Crippen LogP contribution < -0.4 is 16.0 Å². The number of nitrogens with zero attached hydrogens (tertiary/aromatic N) is 3. The molecule has 16 heteroatoms. The number of fused-ring (bicyclic) bond motifs is 3. The van der Waals surface area contributed by atoms with Crippen molar-refractivity contribution < 1.29 is 47.1 Å². The molecule has 304 valence electrons. The SMILES string of the molecule is CC/C=C/C=C/C(=O)N[C@@H](Cc1cc(F)cc(F)c1)C(=O)N[C@@H]1C(=O)N2CCC[C@H]2C(=O)N2CCCC[C@H]2C(=O)N[C@@H](C)C(=O)N2C[C@H](C)CC2C(=O)O[C@H]1C. The molecule has 0 aromatic heterocycles. The summed E-state index contributed by atoms with van der Waals surface area (Å²) in [7, 11) is 0. The van der Waals surface area contributed by atoms with Gasteiger partial charge in [0.1, 0.15) is 54.0 Å². The second kappa shape index (κ2) is 18.7. The number of cyclic esters (lactones) is 1. The van der Waals surface area contributed by atoms with Crippen LogP contribution in [-0.4, -0.2) is 118 Å². The van der Waals surface area contributed by atoms with Gasteiger partial charge in [-0.15, -0.1) is 0 Å². The minimum absolute atomic E-state index is 0.0428. The smallest absolute Gasteiger partial charge is 0.329 e. The van der Waals surface area contributed by atoms with Crippen LogP contribution in [0.25, 0.3) is 0 Å². The summed E-state index contributed by atoms with van der Waals surface area (Å²) in [6.07, 6.45) is 7.68. The second-order valence-corrected chi connectivity index (χ2v) is 15.2. The first-order valence-corrected chi connectivity index (χ1v) is 19.5. The molecule has 4 saturated heterocycles. The lowest BCUT2D eigenvalue weighted by Crippen LogP contribution is -2.63. The summed E-state index contributed by atoms with van der Waals surface area (Å²) >= 11 is 0. The molecule has 4 aliphatic heterocycles. The Kier molecular flexibility index (Phi) is 14.0. The van der Waals surface area contributed by atoms with Gasteiger partial charge >= 0.3 is 5.97 Å². The van der Waals surface area contributed by atoms with Crippen molar-refractivity contribution in [3.05, 3.63) is 59.7 Å². The van der Waals surface area contributed by atoms with E-state index in [1.165, 1.54) is 40.7 Å². The summed E-state index contributed by atoms with van der Waals surface area (Å²) < 4.78 is 34.3. The van der Waals surface area contributed by atoms with Crippen LogP contribution in [0.4, 0.5) is 8.78 Å². The predicted molar refractivity (Wildman–Crippen MR) is 199 cm³/mol. The number of allylic oxidation sites excluding steroid dienone is 3. The highest BCUT2D eigenvalue weighted by atomic mass is 19.1. The van der Waals surface area contributed by atoms with Gasteiger partial charge in [0.15, 0.2) is 0 Å². The molecule has 4 fully saturated rings. The molecule has 0 bridgehead atoms. The maximum atomic E-state index is 14.6. The lowest BCUT2D eigenvalue weighted by Gasteiger charge is -2.39. The van der Waals surface area contributed by atoms with E-state index in [1.807, 2.05) is 13.8 Å². The summed E-state index contributed by atoms with van der Waals surface area (Å²) in [5, 5.41) is 7.94. The lowest BCUT2D eigenvalue weighted by molar-refractivity contribution is -0.163. The molecule has 0 spiro atoms. The maximum absolute atomic E-state index is 14.6. The van der Waals surface area contributed by atoms with Crippen LogP contribution in [0.15, 0.2) is 42.5 Å². The molecule has 4 aliphatic rings. The van der Waals surface area contributed by atoms with Crippen molar-refractivity contribution in [1.29, 1.82) is 0 Å². The van der Waals surface area contributed by atoms with E-state index < -0.39 is 95.4 Å². The number of rotatable bonds is 8. The van der Waals surface area contributed by atoms with Gasteiger partial charge in [0.2, 0.25) is 35.4 Å². The number of halogens is 2. The maximum Gasteiger partial charge on any atom is 0.329 e. The minimum atomic E-state index is -1.60. The highest BCUT2D eigenvalue weighted by molar-refractivity contribution is 5.98. The number of carbonyl (C=O) groups is 7.